The number of pyridine rings is 1. The van der Waals surface area contributed by atoms with Crippen molar-refractivity contribution in [2.75, 3.05) is 0 Å². The zero-order valence-corrected chi connectivity index (χ0v) is 10.7. The summed E-state index contributed by atoms with van der Waals surface area (Å²) in [7, 11) is 0. The largest absolute Gasteiger partial charge is 0.477 e. The average Bonchev–Trinajstić information content (AvgIpc) is 2.29. The summed E-state index contributed by atoms with van der Waals surface area (Å²) in [6.07, 6.45) is 6.66. The molecule has 1 aliphatic carbocycles. The highest BCUT2D eigenvalue weighted by Gasteiger charge is 2.20. The van der Waals surface area contributed by atoms with Gasteiger partial charge in [-0.3, -0.25) is 0 Å². The van der Waals surface area contributed by atoms with Gasteiger partial charge in [0, 0.05) is 16.3 Å². The molecule has 0 saturated heterocycles. The Morgan fingerprint density at radius 1 is 1.53 bits per heavy atom. The zero-order chi connectivity index (χ0) is 12.3. The molecule has 2 rings (SSSR count). The predicted molar refractivity (Wildman–Crippen MR) is 68.5 cm³/mol. The highest BCUT2D eigenvalue weighted by Crippen LogP contribution is 2.35. The van der Waals surface area contributed by atoms with Crippen LogP contribution >= 0.6 is 11.8 Å². The van der Waals surface area contributed by atoms with Gasteiger partial charge in [-0.15, -0.1) is 11.8 Å². The summed E-state index contributed by atoms with van der Waals surface area (Å²) in [4.78, 5) is 15.7. The average molecular weight is 251 g/mol. The molecule has 1 aromatic heterocycles. The van der Waals surface area contributed by atoms with Gasteiger partial charge in [0.2, 0.25) is 0 Å². The summed E-state index contributed by atoms with van der Waals surface area (Å²) in [5.74, 6) is -0.161. The maximum atomic E-state index is 10.8. The molecule has 0 radical (unpaired) electrons. The minimum Gasteiger partial charge on any atom is -0.477 e. The van der Waals surface area contributed by atoms with E-state index in [0.717, 1.165) is 10.8 Å². The number of rotatable bonds is 3. The van der Waals surface area contributed by atoms with E-state index >= 15 is 0 Å². The van der Waals surface area contributed by atoms with Gasteiger partial charge in [0.05, 0.1) is 0 Å². The molecular weight excluding hydrogens is 234 g/mol. The standard InChI is InChI=1S/C13H17NO2S/c1-9-3-2-4-10(7-9)17-11-5-6-14-12(8-11)13(15)16/h5-6,8-10H,2-4,7H2,1H3,(H,15,16). The number of nitrogens with zero attached hydrogens (tertiary/aromatic N) is 1. The van der Waals surface area contributed by atoms with Crippen LogP contribution in [0.5, 0.6) is 0 Å². The third-order valence-corrected chi connectivity index (χ3v) is 4.43. The molecule has 3 nitrogen and oxygen atoms in total. The van der Waals surface area contributed by atoms with E-state index in [4.69, 9.17) is 5.11 Å². The monoisotopic (exact) mass is 251 g/mol. The molecule has 2 atom stereocenters. The van der Waals surface area contributed by atoms with Crippen molar-refractivity contribution < 1.29 is 9.90 Å². The Kier molecular flexibility index (Phi) is 4.05. The molecule has 1 aromatic rings. The van der Waals surface area contributed by atoms with Crippen LogP contribution in [0.2, 0.25) is 0 Å². The maximum Gasteiger partial charge on any atom is 0.354 e. The Morgan fingerprint density at radius 3 is 3.06 bits per heavy atom. The minimum absolute atomic E-state index is 0.138. The van der Waals surface area contributed by atoms with Gasteiger partial charge in [0.1, 0.15) is 5.69 Å². The molecule has 4 heteroatoms. The molecular formula is C13H17NO2S. The summed E-state index contributed by atoms with van der Waals surface area (Å²) in [5, 5.41) is 9.51. The van der Waals surface area contributed by atoms with Crippen molar-refractivity contribution in [1.82, 2.24) is 4.98 Å². The van der Waals surface area contributed by atoms with E-state index in [1.54, 1.807) is 24.0 Å². The van der Waals surface area contributed by atoms with E-state index in [0.29, 0.717) is 5.25 Å². The van der Waals surface area contributed by atoms with Gasteiger partial charge in [-0.1, -0.05) is 19.8 Å². The zero-order valence-electron chi connectivity index (χ0n) is 9.93. The van der Waals surface area contributed by atoms with Crippen molar-refractivity contribution in [2.45, 2.75) is 42.8 Å². The molecule has 1 heterocycles. The molecule has 1 saturated carbocycles. The molecule has 1 N–H and O–H groups in total. The first kappa shape index (κ1) is 12.4. The minimum atomic E-state index is -0.954. The molecule has 0 aliphatic heterocycles. The van der Waals surface area contributed by atoms with Gasteiger partial charge in [-0.05, 0) is 30.9 Å². The smallest absolute Gasteiger partial charge is 0.354 e. The highest BCUT2D eigenvalue weighted by atomic mass is 32.2. The van der Waals surface area contributed by atoms with E-state index in [1.165, 1.54) is 25.7 Å². The van der Waals surface area contributed by atoms with Gasteiger partial charge in [-0.25, -0.2) is 9.78 Å². The number of carboxylic acid groups (broad SMARTS) is 1. The first-order valence-electron chi connectivity index (χ1n) is 6.01. The van der Waals surface area contributed by atoms with Crippen molar-refractivity contribution in [3.8, 4) is 0 Å². The normalized spacial score (nSPS) is 24.5. The summed E-state index contributed by atoms with van der Waals surface area (Å²) in [5.41, 5.74) is 0.138. The van der Waals surface area contributed by atoms with Crippen molar-refractivity contribution in [2.24, 2.45) is 5.92 Å². The number of hydrogen-bond acceptors (Lipinski definition) is 3. The van der Waals surface area contributed by atoms with Gasteiger partial charge in [-0.2, -0.15) is 0 Å². The Bertz CT molecular complexity index is 408. The predicted octanol–water partition coefficient (Wildman–Crippen LogP) is 3.45. The van der Waals surface area contributed by atoms with Crippen molar-refractivity contribution >= 4 is 17.7 Å². The number of hydrogen-bond donors (Lipinski definition) is 1. The summed E-state index contributed by atoms with van der Waals surface area (Å²) < 4.78 is 0. The molecule has 92 valence electrons. The first-order chi connectivity index (χ1) is 8.15. The Labute approximate surface area is 106 Å². The van der Waals surface area contributed by atoms with E-state index in [2.05, 4.69) is 11.9 Å². The quantitative estimate of drug-likeness (QED) is 0.894. The second-order valence-corrected chi connectivity index (χ2v) is 6.07. The van der Waals surface area contributed by atoms with E-state index < -0.39 is 5.97 Å². The molecule has 17 heavy (non-hydrogen) atoms. The number of aromatic carboxylic acids is 1. The molecule has 1 fully saturated rings. The summed E-state index contributed by atoms with van der Waals surface area (Å²) in [6.45, 7) is 2.29. The second kappa shape index (κ2) is 5.54. The van der Waals surface area contributed by atoms with Crippen LogP contribution in [0.1, 0.15) is 43.1 Å². The molecule has 0 bridgehead atoms. The summed E-state index contributed by atoms with van der Waals surface area (Å²) >= 11 is 1.80. The van der Waals surface area contributed by atoms with Gasteiger partial charge >= 0.3 is 5.97 Å². The van der Waals surface area contributed by atoms with Crippen molar-refractivity contribution in [1.29, 1.82) is 0 Å². The fraction of sp³-hybridized carbons (Fsp3) is 0.538. The van der Waals surface area contributed by atoms with Crippen LogP contribution in [0.3, 0.4) is 0 Å². The van der Waals surface area contributed by atoms with Crippen LogP contribution < -0.4 is 0 Å². The van der Waals surface area contributed by atoms with Gasteiger partial charge in [0.15, 0.2) is 0 Å². The second-order valence-electron chi connectivity index (χ2n) is 4.69. The van der Waals surface area contributed by atoms with Crippen LogP contribution in [-0.4, -0.2) is 21.3 Å². The number of thioether (sulfide) groups is 1. The van der Waals surface area contributed by atoms with E-state index in [1.807, 2.05) is 6.07 Å². The van der Waals surface area contributed by atoms with Crippen LogP contribution in [0.4, 0.5) is 0 Å². The van der Waals surface area contributed by atoms with Crippen LogP contribution in [0.15, 0.2) is 23.2 Å². The van der Waals surface area contributed by atoms with E-state index in [-0.39, 0.29) is 5.69 Å². The fourth-order valence-corrected chi connectivity index (χ4v) is 3.69. The lowest BCUT2D eigenvalue weighted by molar-refractivity contribution is 0.0690. The van der Waals surface area contributed by atoms with Crippen LogP contribution in [0, 0.1) is 5.92 Å². The lowest BCUT2D eigenvalue weighted by Crippen LogP contribution is -2.15. The Balaban J connectivity index is 2.02. The fourth-order valence-electron chi connectivity index (χ4n) is 2.28. The molecule has 0 amide bonds. The number of carbonyl (C=O) groups is 1. The van der Waals surface area contributed by atoms with Gasteiger partial charge in [0.25, 0.3) is 0 Å². The third-order valence-electron chi connectivity index (χ3n) is 3.14. The molecule has 1 aliphatic rings. The highest BCUT2D eigenvalue weighted by molar-refractivity contribution is 8.00. The van der Waals surface area contributed by atoms with E-state index in [9.17, 15) is 4.79 Å². The molecule has 0 aromatic carbocycles. The van der Waals surface area contributed by atoms with Gasteiger partial charge < -0.3 is 5.11 Å². The Hall–Kier alpha value is -1.03. The lowest BCUT2D eigenvalue weighted by Gasteiger charge is -2.26. The van der Waals surface area contributed by atoms with Crippen LogP contribution in [-0.2, 0) is 0 Å². The summed E-state index contributed by atoms with van der Waals surface area (Å²) in [6, 6.07) is 3.57. The molecule has 2 unspecified atom stereocenters. The molecule has 0 spiro atoms. The van der Waals surface area contributed by atoms with Crippen molar-refractivity contribution in [3.05, 3.63) is 24.0 Å². The lowest BCUT2D eigenvalue weighted by atomic mass is 9.91. The third kappa shape index (κ3) is 3.46. The number of aromatic nitrogens is 1. The topological polar surface area (TPSA) is 50.2 Å². The maximum absolute atomic E-state index is 10.8. The van der Waals surface area contributed by atoms with Crippen molar-refractivity contribution in [3.63, 3.8) is 0 Å². The Morgan fingerprint density at radius 2 is 2.35 bits per heavy atom. The first-order valence-corrected chi connectivity index (χ1v) is 6.89. The number of carboxylic acids is 1. The van der Waals surface area contributed by atoms with Crippen LogP contribution in [0.25, 0.3) is 0 Å². The SMILES string of the molecule is CC1CCCC(Sc2ccnc(C(=O)O)c2)C1.